The lowest BCUT2D eigenvalue weighted by Crippen LogP contribution is -2.06. The minimum Gasteiger partial charge on any atom is -0.497 e. The fourth-order valence-electron chi connectivity index (χ4n) is 1.68. The molecular weight excluding hydrogens is 212 g/mol. The Morgan fingerprint density at radius 2 is 1.71 bits per heavy atom. The Balaban J connectivity index is 2.43. The number of nitrogens with zero attached hydrogens (tertiary/aromatic N) is 1. The van der Waals surface area contributed by atoms with Crippen molar-refractivity contribution in [3.8, 4) is 5.75 Å². The predicted octanol–water partition coefficient (Wildman–Crippen LogP) is 2.41. The van der Waals surface area contributed by atoms with Gasteiger partial charge in [-0.05, 0) is 12.1 Å². The summed E-state index contributed by atoms with van der Waals surface area (Å²) in [6.07, 6.45) is 0. The standard InChI is InChI=1S/C14H14N2O/c1-17-13-9-5-8-12(10-13)14(16-15)11-6-3-2-4-7-11/h2-10H,15H2,1H3. The number of ether oxygens (including phenoxy) is 1. The van der Waals surface area contributed by atoms with Crippen molar-refractivity contribution in [2.75, 3.05) is 7.11 Å². The van der Waals surface area contributed by atoms with Crippen LogP contribution < -0.4 is 10.6 Å². The maximum atomic E-state index is 5.48. The number of rotatable bonds is 3. The van der Waals surface area contributed by atoms with Gasteiger partial charge in [0.1, 0.15) is 5.75 Å². The van der Waals surface area contributed by atoms with Crippen LogP contribution in [0.5, 0.6) is 5.75 Å². The largest absolute Gasteiger partial charge is 0.497 e. The highest BCUT2D eigenvalue weighted by atomic mass is 16.5. The van der Waals surface area contributed by atoms with Crippen LogP contribution >= 0.6 is 0 Å². The molecule has 86 valence electrons. The van der Waals surface area contributed by atoms with E-state index >= 15 is 0 Å². The normalized spacial score (nSPS) is 11.2. The van der Waals surface area contributed by atoms with Crippen LogP contribution in [-0.4, -0.2) is 12.8 Å². The zero-order valence-electron chi connectivity index (χ0n) is 9.63. The summed E-state index contributed by atoms with van der Waals surface area (Å²) in [7, 11) is 1.64. The molecule has 0 heterocycles. The minimum atomic E-state index is 0.754. The van der Waals surface area contributed by atoms with E-state index < -0.39 is 0 Å². The van der Waals surface area contributed by atoms with Crippen molar-refractivity contribution >= 4 is 5.71 Å². The quantitative estimate of drug-likeness (QED) is 0.496. The highest BCUT2D eigenvalue weighted by Crippen LogP contribution is 2.16. The van der Waals surface area contributed by atoms with Gasteiger partial charge in [0, 0.05) is 11.1 Å². The van der Waals surface area contributed by atoms with Crippen LogP contribution in [0.25, 0.3) is 0 Å². The second-order valence-corrected chi connectivity index (χ2v) is 3.58. The van der Waals surface area contributed by atoms with E-state index in [1.165, 1.54) is 0 Å². The van der Waals surface area contributed by atoms with Crippen molar-refractivity contribution in [1.82, 2.24) is 0 Å². The van der Waals surface area contributed by atoms with Crippen molar-refractivity contribution < 1.29 is 4.74 Å². The average Bonchev–Trinajstić information content (AvgIpc) is 2.41. The molecule has 0 aliphatic rings. The molecule has 3 heteroatoms. The van der Waals surface area contributed by atoms with Crippen molar-refractivity contribution in [2.24, 2.45) is 10.9 Å². The summed E-state index contributed by atoms with van der Waals surface area (Å²) in [5, 5.41) is 3.87. The number of methoxy groups -OCH3 is 1. The van der Waals surface area contributed by atoms with Crippen LogP contribution in [0.2, 0.25) is 0 Å². The van der Waals surface area contributed by atoms with Crippen molar-refractivity contribution in [3.63, 3.8) is 0 Å². The topological polar surface area (TPSA) is 47.6 Å². The Hall–Kier alpha value is -2.29. The number of nitrogens with two attached hydrogens (primary N) is 1. The maximum Gasteiger partial charge on any atom is 0.119 e. The summed E-state index contributed by atoms with van der Waals surface area (Å²) in [5.41, 5.74) is 2.69. The lowest BCUT2D eigenvalue weighted by Gasteiger charge is -2.07. The maximum absolute atomic E-state index is 5.48. The highest BCUT2D eigenvalue weighted by molar-refractivity contribution is 6.12. The van der Waals surface area contributed by atoms with Crippen LogP contribution in [0.1, 0.15) is 11.1 Å². The Labute approximate surface area is 101 Å². The molecule has 2 aromatic carbocycles. The molecule has 0 fully saturated rings. The van der Waals surface area contributed by atoms with Crippen molar-refractivity contribution in [2.45, 2.75) is 0 Å². The second-order valence-electron chi connectivity index (χ2n) is 3.58. The van der Waals surface area contributed by atoms with Crippen molar-refractivity contribution in [3.05, 3.63) is 65.7 Å². The Morgan fingerprint density at radius 1 is 1.00 bits per heavy atom. The number of benzene rings is 2. The third kappa shape index (κ3) is 2.45. The molecule has 0 amide bonds. The number of hydrazone groups is 1. The summed E-state index contributed by atoms with van der Waals surface area (Å²) in [5.74, 6) is 6.27. The monoisotopic (exact) mass is 226 g/mol. The molecule has 0 aliphatic heterocycles. The van der Waals surface area contributed by atoms with Gasteiger partial charge in [0.2, 0.25) is 0 Å². The summed E-state index contributed by atoms with van der Waals surface area (Å²) in [6, 6.07) is 17.5. The van der Waals surface area contributed by atoms with Crippen LogP contribution in [0, 0.1) is 0 Å². The SMILES string of the molecule is COc1cccc(C(=NN)c2ccccc2)c1. The van der Waals surface area contributed by atoms with E-state index in [-0.39, 0.29) is 0 Å². The summed E-state index contributed by atoms with van der Waals surface area (Å²) in [4.78, 5) is 0. The molecule has 0 saturated heterocycles. The van der Waals surface area contributed by atoms with Gasteiger partial charge in [0.05, 0.1) is 12.8 Å². The lowest BCUT2D eigenvalue weighted by molar-refractivity contribution is 0.414. The fraction of sp³-hybridized carbons (Fsp3) is 0.0714. The zero-order valence-corrected chi connectivity index (χ0v) is 9.63. The Morgan fingerprint density at radius 3 is 2.35 bits per heavy atom. The molecule has 0 bridgehead atoms. The number of hydrogen-bond acceptors (Lipinski definition) is 3. The molecule has 2 rings (SSSR count). The van der Waals surface area contributed by atoms with Crippen LogP contribution in [0.4, 0.5) is 0 Å². The predicted molar refractivity (Wildman–Crippen MR) is 69.3 cm³/mol. The summed E-state index contributed by atoms with van der Waals surface area (Å²) in [6.45, 7) is 0. The van der Waals surface area contributed by atoms with Gasteiger partial charge in [0.25, 0.3) is 0 Å². The molecule has 0 aromatic heterocycles. The lowest BCUT2D eigenvalue weighted by atomic mass is 10.0. The molecule has 2 N–H and O–H groups in total. The van der Waals surface area contributed by atoms with Crippen LogP contribution in [-0.2, 0) is 0 Å². The van der Waals surface area contributed by atoms with Crippen molar-refractivity contribution in [1.29, 1.82) is 0 Å². The van der Waals surface area contributed by atoms with Gasteiger partial charge in [0.15, 0.2) is 0 Å². The van der Waals surface area contributed by atoms with E-state index in [0.717, 1.165) is 22.6 Å². The molecule has 0 unspecified atom stereocenters. The Kier molecular flexibility index (Phi) is 3.40. The van der Waals surface area contributed by atoms with E-state index in [1.807, 2.05) is 54.6 Å². The van der Waals surface area contributed by atoms with Crippen LogP contribution in [0.3, 0.4) is 0 Å². The Bertz CT molecular complexity index is 521. The molecule has 0 saturated carbocycles. The third-order valence-corrected chi connectivity index (χ3v) is 2.52. The first kappa shape index (κ1) is 11.2. The summed E-state index contributed by atoms with van der Waals surface area (Å²) >= 11 is 0. The fourth-order valence-corrected chi connectivity index (χ4v) is 1.68. The average molecular weight is 226 g/mol. The van der Waals surface area contributed by atoms with E-state index in [0.29, 0.717) is 0 Å². The van der Waals surface area contributed by atoms with E-state index in [4.69, 9.17) is 10.6 Å². The molecule has 0 spiro atoms. The third-order valence-electron chi connectivity index (χ3n) is 2.52. The highest BCUT2D eigenvalue weighted by Gasteiger charge is 2.06. The van der Waals surface area contributed by atoms with E-state index in [9.17, 15) is 0 Å². The van der Waals surface area contributed by atoms with Gasteiger partial charge in [-0.15, -0.1) is 0 Å². The first-order valence-corrected chi connectivity index (χ1v) is 5.33. The first-order chi connectivity index (χ1) is 8.35. The molecule has 3 nitrogen and oxygen atoms in total. The van der Waals surface area contributed by atoms with E-state index in [2.05, 4.69) is 5.10 Å². The summed E-state index contributed by atoms with van der Waals surface area (Å²) < 4.78 is 5.19. The molecule has 0 atom stereocenters. The van der Waals surface area contributed by atoms with Crippen LogP contribution in [0.15, 0.2) is 59.7 Å². The number of hydrogen-bond donors (Lipinski definition) is 1. The minimum absolute atomic E-state index is 0.754. The van der Waals surface area contributed by atoms with Gasteiger partial charge in [-0.2, -0.15) is 5.10 Å². The zero-order chi connectivity index (χ0) is 12.1. The first-order valence-electron chi connectivity index (χ1n) is 5.33. The molecular formula is C14H14N2O. The van der Waals surface area contributed by atoms with Gasteiger partial charge in [-0.1, -0.05) is 42.5 Å². The molecule has 0 radical (unpaired) electrons. The van der Waals surface area contributed by atoms with Gasteiger partial charge in [-0.3, -0.25) is 0 Å². The molecule has 17 heavy (non-hydrogen) atoms. The smallest absolute Gasteiger partial charge is 0.119 e. The van der Waals surface area contributed by atoms with E-state index in [1.54, 1.807) is 7.11 Å². The van der Waals surface area contributed by atoms with Gasteiger partial charge in [-0.25, -0.2) is 0 Å². The molecule has 0 aliphatic carbocycles. The van der Waals surface area contributed by atoms with Gasteiger partial charge >= 0.3 is 0 Å². The van der Waals surface area contributed by atoms with Gasteiger partial charge < -0.3 is 10.6 Å². The second kappa shape index (κ2) is 5.16. The molecule has 2 aromatic rings.